The molecule has 0 spiro atoms. The van der Waals surface area contributed by atoms with Crippen LogP contribution in [-0.4, -0.2) is 15.1 Å². The SMILES string of the molecule is Cc1nc(CC(O)c2ncccc2Br)cs1. The Morgan fingerprint density at radius 2 is 2.38 bits per heavy atom. The van der Waals surface area contributed by atoms with Gasteiger partial charge in [0, 0.05) is 22.5 Å². The molecule has 0 saturated heterocycles. The number of hydrogen-bond acceptors (Lipinski definition) is 4. The molecule has 0 fully saturated rings. The fourth-order valence-electron chi connectivity index (χ4n) is 1.44. The van der Waals surface area contributed by atoms with Gasteiger partial charge in [-0.05, 0) is 35.0 Å². The lowest BCUT2D eigenvalue weighted by atomic mass is 10.1. The molecule has 16 heavy (non-hydrogen) atoms. The first-order valence-electron chi connectivity index (χ1n) is 4.86. The van der Waals surface area contributed by atoms with E-state index in [0.717, 1.165) is 15.2 Å². The minimum atomic E-state index is -0.614. The average molecular weight is 299 g/mol. The van der Waals surface area contributed by atoms with E-state index >= 15 is 0 Å². The highest BCUT2D eigenvalue weighted by Gasteiger charge is 2.14. The molecular weight excluding hydrogens is 288 g/mol. The number of halogens is 1. The topological polar surface area (TPSA) is 46.0 Å². The molecule has 5 heteroatoms. The van der Waals surface area contributed by atoms with Gasteiger partial charge in [-0.25, -0.2) is 4.98 Å². The van der Waals surface area contributed by atoms with Crippen LogP contribution in [0.4, 0.5) is 0 Å². The molecule has 0 radical (unpaired) electrons. The van der Waals surface area contributed by atoms with Crippen LogP contribution in [-0.2, 0) is 6.42 Å². The van der Waals surface area contributed by atoms with Crippen molar-refractivity contribution < 1.29 is 5.11 Å². The summed E-state index contributed by atoms with van der Waals surface area (Å²) in [4.78, 5) is 8.48. The lowest BCUT2D eigenvalue weighted by molar-refractivity contribution is 0.171. The van der Waals surface area contributed by atoms with Crippen molar-refractivity contribution in [3.8, 4) is 0 Å². The molecule has 2 rings (SSSR count). The molecule has 0 amide bonds. The van der Waals surface area contributed by atoms with Crippen LogP contribution in [0, 0.1) is 6.92 Å². The molecule has 1 unspecified atom stereocenters. The van der Waals surface area contributed by atoms with E-state index in [0.29, 0.717) is 12.1 Å². The van der Waals surface area contributed by atoms with Crippen molar-refractivity contribution in [1.29, 1.82) is 0 Å². The molecular formula is C11H11BrN2OS. The summed E-state index contributed by atoms with van der Waals surface area (Å²) in [5.74, 6) is 0. The van der Waals surface area contributed by atoms with E-state index < -0.39 is 6.10 Å². The summed E-state index contributed by atoms with van der Waals surface area (Å²) in [6.07, 6.45) is 1.56. The van der Waals surface area contributed by atoms with Gasteiger partial charge in [0.15, 0.2) is 0 Å². The number of aryl methyl sites for hydroxylation is 1. The van der Waals surface area contributed by atoms with Crippen LogP contribution in [0.25, 0.3) is 0 Å². The molecule has 0 saturated carbocycles. The van der Waals surface area contributed by atoms with E-state index in [-0.39, 0.29) is 0 Å². The second kappa shape index (κ2) is 5.03. The lowest BCUT2D eigenvalue weighted by Gasteiger charge is -2.09. The van der Waals surface area contributed by atoms with Crippen LogP contribution in [0.3, 0.4) is 0 Å². The highest BCUT2D eigenvalue weighted by Crippen LogP contribution is 2.24. The van der Waals surface area contributed by atoms with Gasteiger partial charge in [-0.1, -0.05) is 0 Å². The zero-order valence-electron chi connectivity index (χ0n) is 8.72. The highest BCUT2D eigenvalue weighted by molar-refractivity contribution is 9.10. The van der Waals surface area contributed by atoms with Gasteiger partial charge >= 0.3 is 0 Å². The minimum Gasteiger partial charge on any atom is -0.386 e. The molecule has 2 aromatic heterocycles. The van der Waals surface area contributed by atoms with Crippen LogP contribution >= 0.6 is 27.3 Å². The summed E-state index contributed by atoms with van der Waals surface area (Å²) < 4.78 is 0.828. The smallest absolute Gasteiger partial charge is 0.103 e. The number of thiazole rings is 1. The number of aliphatic hydroxyl groups is 1. The third-order valence-electron chi connectivity index (χ3n) is 2.17. The van der Waals surface area contributed by atoms with Gasteiger partial charge in [-0.3, -0.25) is 4.98 Å². The van der Waals surface area contributed by atoms with Crippen LogP contribution < -0.4 is 0 Å². The van der Waals surface area contributed by atoms with Crippen LogP contribution in [0.15, 0.2) is 28.2 Å². The number of pyridine rings is 1. The molecule has 2 aromatic rings. The quantitative estimate of drug-likeness (QED) is 0.948. The largest absolute Gasteiger partial charge is 0.386 e. The highest BCUT2D eigenvalue weighted by atomic mass is 79.9. The van der Waals surface area contributed by atoms with Gasteiger partial charge in [-0.15, -0.1) is 11.3 Å². The van der Waals surface area contributed by atoms with E-state index in [1.54, 1.807) is 17.5 Å². The van der Waals surface area contributed by atoms with Gasteiger partial charge < -0.3 is 5.11 Å². The number of aliphatic hydroxyl groups excluding tert-OH is 1. The fraction of sp³-hybridized carbons (Fsp3) is 0.273. The lowest BCUT2D eigenvalue weighted by Crippen LogP contribution is -2.05. The maximum atomic E-state index is 10.0. The van der Waals surface area contributed by atoms with Gasteiger partial charge in [0.25, 0.3) is 0 Å². The third kappa shape index (κ3) is 2.66. The normalized spacial score (nSPS) is 12.7. The molecule has 0 aliphatic carbocycles. The monoisotopic (exact) mass is 298 g/mol. The standard InChI is InChI=1S/C11H11BrN2OS/c1-7-14-8(6-16-7)5-10(15)11-9(12)3-2-4-13-11/h2-4,6,10,15H,5H2,1H3. The number of hydrogen-bond donors (Lipinski definition) is 1. The molecule has 0 aromatic carbocycles. The average Bonchev–Trinajstić information content (AvgIpc) is 2.64. The first kappa shape index (κ1) is 11.7. The Morgan fingerprint density at radius 3 is 3.00 bits per heavy atom. The molecule has 2 heterocycles. The molecule has 84 valence electrons. The summed E-state index contributed by atoms with van der Waals surface area (Å²) in [6.45, 7) is 1.96. The first-order chi connectivity index (χ1) is 7.66. The summed E-state index contributed by atoms with van der Waals surface area (Å²) in [5.41, 5.74) is 1.57. The summed E-state index contributed by atoms with van der Waals surface area (Å²) >= 11 is 4.97. The molecule has 1 atom stereocenters. The fourth-order valence-corrected chi connectivity index (χ4v) is 2.58. The third-order valence-corrected chi connectivity index (χ3v) is 3.66. The predicted octanol–water partition coefficient (Wildman–Crippen LogP) is 2.89. The van der Waals surface area contributed by atoms with Crippen molar-refractivity contribution in [2.24, 2.45) is 0 Å². The zero-order chi connectivity index (χ0) is 11.5. The van der Waals surface area contributed by atoms with Crippen molar-refractivity contribution in [2.45, 2.75) is 19.4 Å². The Bertz CT molecular complexity index is 486. The maximum absolute atomic E-state index is 10.0. The molecule has 1 N–H and O–H groups in total. The predicted molar refractivity (Wildman–Crippen MR) is 67.5 cm³/mol. The second-order valence-electron chi connectivity index (χ2n) is 3.45. The van der Waals surface area contributed by atoms with Crippen molar-refractivity contribution in [1.82, 2.24) is 9.97 Å². The van der Waals surface area contributed by atoms with E-state index in [2.05, 4.69) is 25.9 Å². The van der Waals surface area contributed by atoms with Crippen molar-refractivity contribution >= 4 is 27.3 Å². The summed E-state index contributed by atoms with van der Waals surface area (Å²) in [6, 6.07) is 3.70. The minimum absolute atomic E-state index is 0.500. The number of rotatable bonds is 3. The Balaban J connectivity index is 2.14. The molecule has 3 nitrogen and oxygen atoms in total. The van der Waals surface area contributed by atoms with Crippen molar-refractivity contribution in [2.75, 3.05) is 0 Å². The first-order valence-corrected chi connectivity index (χ1v) is 6.53. The van der Waals surface area contributed by atoms with Gasteiger partial charge in [0.2, 0.25) is 0 Å². The van der Waals surface area contributed by atoms with E-state index in [9.17, 15) is 5.11 Å². The molecule has 0 aliphatic rings. The van der Waals surface area contributed by atoms with E-state index in [1.807, 2.05) is 24.4 Å². The van der Waals surface area contributed by atoms with Gasteiger partial charge in [0.1, 0.15) is 6.10 Å². The number of aromatic nitrogens is 2. The van der Waals surface area contributed by atoms with Crippen LogP contribution in [0.1, 0.15) is 22.5 Å². The second-order valence-corrected chi connectivity index (χ2v) is 5.36. The summed E-state index contributed by atoms with van der Waals surface area (Å²) in [7, 11) is 0. The van der Waals surface area contributed by atoms with Crippen LogP contribution in [0.5, 0.6) is 0 Å². The van der Waals surface area contributed by atoms with Crippen LogP contribution in [0.2, 0.25) is 0 Å². The molecule has 0 aliphatic heterocycles. The van der Waals surface area contributed by atoms with E-state index in [4.69, 9.17) is 0 Å². The Hall–Kier alpha value is -0.780. The summed E-state index contributed by atoms with van der Waals surface area (Å²) in [5, 5.41) is 13.0. The van der Waals surface area contributed by atoms with E-state index in [1.165, 1.54) is 0 Å². The zero-order valence-corrected chi connectivity index (χ0v) is 11.1. The molecule has 0 bridgehead atoms. The Morgan fingerprint density at radius 1 is 1.56 bits per heavy atom. The Kier molecular flexibility index (Phi) is 3.68. The maximum Gasteiger partial charge on any atom is 0.103 e. The van der Waals surface area contributed by atoms with Gasteiger partial charge in [-0.2, -0.15) is 0 Å². The number of nitrogens with zero attached hydrogens (tertiary/aromatic N) is 2. The van der Waals surface area contributed by atoms with Gasteiger partial charge in [0.05, 0.1) is 16.4 Å². The Labute approximate surface area is 106 Å². The van der Waals surface area contributed by atoms with Crippen molar-refractivity contribution in [3.63, 3.8) is 0 Å². The van der Waals surface area contributed by atoms with Crippen molar-refractivity contribution in [3.05, 3.63) is 44.6 Å².